The lowest BCUT2D eigenvalue weighted by atomic mass is 9.98. The van der Waals surface area contributed by atoms with E-state index < -0.39 is 5.97 Å². The van der Waals surface area contributed by atoms with E-state index in [2.05, 4.69) is 10.4 Å². The SMILES string of the molecule is O=C(O)c1c(OC2CCCCC2)cnn1CC1CCCCN1. The summed E-state index contributed by atoms with van der Waals surface area (Å²) in [5, 5.41) is 17.2. The number of aromatic carboxylic acids is 1. The molecule has 1 aliphatic carbocycles. The van der Waals surface area contributed by atoms with E-state index in [1.165, 1.54) is 19.3 Å². The van der Waals surface area contributed by atoms with Crippen molar-refractivity contribution in [2.45, 2.75) is 70.1 Å². The molecule has 2 fully saturated rings. The Bertz CT molecular complexity index is 465. The second-order valence-corrected chi connectivity index (χ2v) is 6.37. The number of carbonyl (C=O) groups is 1. The molecule has 6 nitrogen and oxygen atoms in total. The van der Waals surface area contributed by atoms with Crippen LogP contribution in [0.3, 0.4) is 0 Å². The molecule has 1 aromatic rings. The molecule has 1 saturated heterocycles. The normalized spacial score (nSPS) is 23.4. The molecule has 2 N–H and O–H groups in total. The zero-order valence-electron chi connectivity index (χ0n) is 13.0. The number of hydrogen-bond acceptors (Lipinski definition) is 4. The molecule has 3 rings (SSSR count). The van der Waals surface area contributed by atoms with Crippen molar-refractivity contribution in [2.24, 2.45) is 0 Å². The second kappa shape index (κ2) is 7.13. The van der Waals surface area contributed by atoms with Crippen LogP contribution in [0.25, 0.3) is 0 Å². The third-order valence-electron chi connectivity index (χ3n) is 4.66. The molecule has 122 valence electrons. The van der Waals surface area contributed by atoms with Gasteiger partial charge in [0.15, 0.2) is 11.4 Å². The number of carboxylic acid groups (broad SMARTS) is 1. The van der Waals surface area contributed by atoms with E-state index in [4.69, 9.17) is 4.74 Å². The summed E-state index contributed by atoms with van der Waals surface area (Å²) in [4.78, 5) is 11.6. The number of rotatable bonds is 5. The van der Waals surface area contributed by atoms with Gasteiger partial charge in [-0.05, 0) is 45.1 Å². The molecule has 1 unspecified atom stereocenters. The van der Waals surface area contributed by atoms with Crippen LogP contribution >= 0.6 is 0 Å². The van der Waals surface area contributed by atoms with E-state index in [1.807, 2.05) is 0 Å². The third kappa shape index (κ3) is 3.61. The molecule has 0 spiro atoms. The van der Waals surface area contributed by atoms with Gasteiger partial charge in [-0.3, -0.25) is 4.68 Å². The van der Waals surface area contributed by atoms with Crippen molar-refractivity contribution in [1.29, 1.82) is 0 Å². The van der Waals surface area contributed by atoms with Crippen LogP contribution in [0.4, 0.5) is 0 Å². The Hall–Kier alpha value is -1.56. The first kappa shape index (κ1) is 15.3. The van der Waals surface area contributed by atoms with Crippen LogP contribution in [0.15, 0.2) is 6.20 Å². The number of nitrogens with one attached hydrogen (secondary N) is 1. The van der Waals surface area contributed by atoms with E-state index >= 15 is 0 Å². The monoisotopic (exact) mass is 307 g/mol. The number of hydrogen-bond donors (Lipinski definition) is 2. The van der Waals surface area contributed by atoms with Crippen LogP contribution in [-0.2, 0) is 6.54 Å². The van der Waals surface area contributed by atoms with Crippen molar-refractivity contribution >= 4 is 5.97 Å². The predicted molar refractivity (Wildman–Crippen MR) is 82.3 cm³/mol. The van der Waals surface area contributed by atoms with Crippen molar-refractivity contribution in [3.05, 3.63) is 11.9 Å². The molecule has 22 heavy (non-hydrogen) atoms. The average Bonchev–Trinajstić information content (AvgIpc) is 2.92. The van der Waals surface area contributed by atoms with Gasteiger partial charge in [0.25, 0.3) is 0 Å². The maximum absolute atomic E-state index is 11.6. The summed E-state index contributed by atoms with van der Waals surface area (Å²) in [5.74, 6) is -0.533. The summed E-state index contributed by atoms with van der Waals surface area (Å²) >= 11 is 0. The number of piperidine rings is 1. The first-order valence-corrected chi connectivity index (χ1v) is 8.43. The van der Waals surface area contributed by atoms with Crippen molar-refractivity contribution in [2.75, 3.05) is 6.54 Å². The van der Waals surface area contributed by atoms with Crippen LogP contribution in [0.2, 0.25) is 0 Å². The van der Waals surface area contributed by atoms with Crippen molar-refractivity contribution in [3.63, 3.8) is 0 Å². The molecule has 1 aliphatic heterocycles. The van der Waals surface area contributed by atoms with E-state index in [0.717, 1.165) is 38.6 Å². The largest absolute Gasteiger partial charge is 0.486 e. The molecular weight excluding hydrogens is 282 g/mol. The van der Waals surface area contributed by atoms with Gasteiger partial charge in [-0.25, -0.2) is 4.79 Å². The number of ether oxygens (including phenoxy) is 1. The fourth-order valence-electron chi connectivity index (χ4n) is 3.46. The molecule has 1 saturated carbocycles. The summed E-state index contributed by atoms with van der Waals surface area (Å²) in [6, 6.07) is 0.300. The Kier molecular flexibility index (Phi) is 4.97. The molecule has 2 aliphatic rings. The summed E-state index contributed by atoms with van der Waals surface area (Å²) in [6.07, 6.45) is 10.7. The lowest BCUT2D eigenvalue weighted by molar-refractivity contribution is 0.0670. The minimum Gasteiger partial charge on any atom is -0.486 e. The van der Waals surface area contributed by atoms with Crippen LogP contribution in [-0.4, -0.2) is 39.5 Å². The van der Waals surface area contributed by atoms with Gasteiger partial charge in [-0.2, -0.15) is 5.10 Å². The quantitative estimate of drug-likeness (QED) is 0.873. The maximum atomic E-state index is 11.6. The fraction of sp³-hybridized carbons (Fsp3) is 0.750. The Labute approximate surface area is 130 Å². The minimum atomic E-state index is -0.959. The van der Waals surface area contributed by atoms with E-state index in [0.29, 0.717) is 18.3 Å². The zero-order valence-corrected chi connectivity index (χ0v) is 13.0. The lowest BCUT2D eigenvalue weighted by Gasteiger charge is -2.24. The average molecular weight is 307 g/mol. The standard InChI is InChI=1S/C16H25N3O3/c20-16(21)15-14(22-13-7-2-1-3-8-13)10-18-19(15)11-12-6-4-5-9-17-12/h10,12-13,17H,1-9,11H2,(H,20,21). The summed E-state index contributed by atoms with van der Waals surface area (Å²) in [7, 11) is 0. The molecule has 6 heteroatoms. The molecule has 0 amide bonds. The highest BCUT2D eigenvalue weighted by Crippen LogP contribution is 2.26. The molecular formula is C16H25N3O3. The number of nitrogens with zero attached hydrogens (tertiary/aromatic N) is 2. The highest BCUT2D eigenvalue weighted by Gasteiger charge is 2.25. The smallest absolute Gasteiger partial charge is 0.358 e. The Balaban J connectivity index is 1.71. The van der Waals surface area contributed by atoms with E-state index in [-0.39, 0.29) is 11.8 Å². The number of carboxylic acids is 1. The number of aromatic nitrogens is 2. The van der Waals surface area contributed by atoms with Gasteiger partial charge >= 0.3 is 5.97 Å². The zero-order chi connectivity index (χ0) is 15.4. The lowest BCUT2D eigenvalue weighted by Crippen LogP contribution is -2.38. The minimum absolute atomic E-state index is 0.136. The van der Waals surface area contributed by atoms with Gasteiger partial charge in [-0.15, -0.1) is 0 Å². The first-order chi connectivity index (χ1) is 10.7. The Morgan fingerprint density at radius 3 is 2.73 bits per heavy atom. The van der Waals surface area contributed by atoms with Crippen LogP contribution < -0.4 is 10.1 Å². The van der Waals surface area contributed by atoms with Gasteiger partial charge in [0.1, 0.15) is 0 Å². The van der Waals surface area contributed by atoms with E-state index in [9.17, 15) is 9.90 Å². The molecule has 0 bridgehead atoms. The van der Waals surface area contributed by atoms with Gasteiger partial charge in [0.05, 0.1) is 18.8 Å². The van der Waals surface area contributed by atoms with Gasteiger partial charge < -0.3 is 15.2 Å². The molecule has 0 radical (unpaired) electrons. The summed E-state index contributed by atoms with van der Waals surface area (Å²) in [6.45, 7) is 1.59. The summed E-state index contributed by atoms with van der Waals surface area (Å²) in [5.41, 5.74) is 0.193. The first-order valence-electron chi connectivity index (χ1n) is 8.43. The summed E-state index contributed by atoms with van der Waals surface area (Å²) < 4.78 is 7.52. The maximum Gasteiger partial charge on any atom is 0.358 e. The van der Waals surface area contributed by atoms with Crippen LogP contribution in [0.5, 0.6) is 5.75 Å². The van der Waals surface area contributed by atoms with E-state index in [1.54, 1.807) is 10.9 Å². The predicted octanol–water partition coefficient (Wildman–Crippen LogP) is 2.43. The fourth-order valence-corrected chi connectivity index (χ4v) is 3.46. The Morgan fingerprint density at radius 2 is 2.05 bits per heavy atom. The van der Waals surface area contributed by atoms with Gasteiger partial charge in [0.2, 0.25) is 0 Å². The molecule has 1 aromatic heterocycles. The third-order valence-corrected chi connectivity index (χ3v) is 4.66. The topological polar surface area (TPSA) is 76.4 Å². The molecule has 1 atom stereocenters. The van der Waals surface area contributed by atoms with Gasteiger partial charge in [-0.1, -0.05) is 12.8 Å². The highest BCUT2D eigenvalue weighted by molar-refractivity contribution is 5.88. The van der Waals surface area contributed by atoms with Crippen molar-refractivity contribution in [3.8, 4) is 5.75 Å². The van der Waals surface area contributed by atoms with Crippen molar-refractivity contribution < 1.29 is 14.6 Å². The van der Waals surface area contributed by atoms with Crippen LogP contribution in [0, 0.1) is 0 Å². The molecule has 0 aromatic carbocycles. The van der Waals surface area contributed by atoms with Crippen LogP contribution in [0.1, 0.15) is 61.9 Å². The van der Waals surface area contributed by atoms with Crippen molar-refractivity contribution in [1.82, 2.24) is 15.1 Å². The second-order valence-electron chi connectivity index (χ2n) is 6.37. The molecule has 2 heterocycles. The Morgan fingerprint density at radius 1 is 1.27 bits per heavy atom. The van der Waals surface area contributed by atoms with Gasteiger partial charge in [0, 0.05) is 6.04 Å². The highest BCUT2D eigenvalue weighted by atomic mass is 16.5.